The summed E-state index contributed by atoms with van der Waals surface area (Å²) in [5.74, 6) is -1.63. The number of hydrogen-bond acceptors (Lipinski definition) is 4. The monoisotopic (exact) mass is 305 g/mol. The molecule has 0 aromatic heterocycles. The molecule has 1 aromatic rings. The molecule has 0 spiro atoms. The van der Waals surface area contributed by atoms with Crippen molar-refractivity contribution < 1.29 is 32.2 Å². The largest absolute Gasteiger partial charge is 0.496 e. The third-order valence-electron chi connectivity index (χ3n) is 2.40. The minimum atomic E-state index is -4.51. The van der Waals surface area contributed by atoms with Crippen molar-refractivity contribution in [1.82, 2.24) is 5.32 Å². The molecule has 1 N–H and O–H groups in total. The third-order valence-corrected chi connectivity index (χ3v) is 2.40. The molecule has 116 valence electrons. The molecule has 21 heavy (non-hydrogen) atoms. The highest BCUT2D eigenvalue weighted by Gasteiger charge is 2.27. The van der Waals surface area contributed by atoms with Crippen LogP contribution in [0.3, 0.4) is 0 Å². The zero-order valence-corrected chi connectivity index (χ0v) is 11.4. The van der Waals surface area contributed by atoms with Gasteiger partial charge in [0, 0.05) is 0 Å². The molecular formula is C13H14F3NO4. The number of hydrogen-bond donors (Lipinski definition) is 1. The first-order valence-corrected chi connectivity index (χ1v) is 5.88. The van der Waals surface area contributed by atoms with E-state index in [4.69, 9.17) is 4.74 Å². The van der Waals surface area contributed by atoms with Crippen molar-refractivity contribution >= 4 is 11.9 Å². The van der Waals surface area contributed by atoms with Crippen molar-refractivity contribution in [2.75, 3.05) is 20.3 Å². The van der Waals surface area contributed by atoms with Crippen LogP contribution in [0.2, 0.25) is 0 Å². The van der Waals surface area contributed by atoms with Crippen molar-refractivity contribution in [3.8, 4) is 5.75 Å². The van der Waals surface area contributed by atoms with Gasteiger partial charge in [0.1, 0.15) is 17.9 Å². The van der Waals surface area contributed by atoms with E-state index in [1.165, 1.54) is 13.2 Å². The van der Waals surface area contributed by atoms with Crippen LogP contribution in [0.5, 0.6) is 5.75 Å². The molecule has 0 radical (unpaired) electrons. The number of rotatable bonds is 5. The van der Waals surface area contributed by atoms with Crippen LogP contribution < -0.4 is 10.1 Å². The summed E-state index contributed by atoms with van der Waals surface area (Å²) in [4.78, 5) is 22.9. The van der Waals surface area contributed by atoms with Crippen molar-refractivity contribution in [3.05, 3.63) is 29.3 Å². The molecule has 0 saturated heterocycles. The second kappa shape index (κ2) is 6.96. The molecule has 1 aromatic carbocycles. The average molecular weight is 305 g/mol. The molecule has 5 nitrogen and oxygen atoms in total. The van der Waals surface area contributed by atoms with E-state index in [-0.39, 0.29) is 11.3 Å². The Hall–Kier alpha value is -2.25. The normalized spacial score (nSPS) is 10.9. The highest BCUT2D eigenvalue weighted by Crippen LogP contribution is 2.20. The summed E-state index contributed by atoms with van der Waals surface area (Å²) < 4.78 is 45.3. The number of carbonyl (C=O) groups is 2. The standard InChI is InChI=1S/C13H14F3NO4/c1-8-3-4-10(20-2)9(5-8)12(19)21-6-11(18)17-7-13(14,15)16/h3-5H,6-7H2,1-2H3,(H,17,18). The molecule has 8 heteroatoms. The summed E-state index contributed by atoms with van der Waals surface area (Å²) in [7, 11) is 1.36. The van der Waals surface area contributed by atoms with Crippen molar-refractivity contribution in [3.63, 3.8) is 0 Å². The van der Waals surface area contributed by atoms with E-state index in [2.05, 4.69) is 4.74 Å². The van der Waals surface area contributed by atoms with Crippen molar-refractivity contribution in [2.45, 2.75) is 13.1 Å². The second-order valence-electron chi connectivity index (χ2n) is 4.17. The zero-order chi connectivity index (χ0) is 16.0. The lowest BCUT2D eigenvalue weighted by Gasteiger charge is -2.10. The van der Waals surface area contributed by atoms with Crippen LogP contribution in [0.25, 0.3) is 0 Å². The fourth-order valence-corrected chi connectivity index (χ4v) is 1.44. The lowest BCUT2D eigenvalue weighted by Crippen LogP contribution is -2.36. The molecule has 0 atom stereocenters. The Morgan fingerprint density at radius 3 is 2.52 bits per heavy atom. The van der Waals surface area contributed by atoms with Crippen LogP contribution in [0.4, 0.5) is 13.2 Å². The second-order valence-corrected chi connectivity index (χ2v) is 4.17. The van der Waals surface area contributed by atoms with E-state index in [0.717, 1.165) is 5.56 Å². The minimum absolute atomic E-state index is 0.0983. The smallest absolute Gasteiger partial charge is 0.405 e. The molecule has 0 aliphatic carbocycles. The summed E-state index contributed by atoms with van der Waals surface area (Å²) in [5.41, 5.74) is 0.866. The van der Waals surface area contributed by atoms with Gasteiger partial charge in [-0.25, -0.2) is 4.79 Å². The molecular weight excluding hydrogens is 291 g/mol. The van der Waals surface area contributed by atoms with Crippen LogP contribution >= 0.6 is 0 Å². The lowest BCUT2D eigenvalue weighted by molar-refractivity contribution is -0.140. The Morgan fingerprint density at radius 2 is 1.95 bits per heavy atom. The predicted molar refractivity (Wildman–Crippen MR) is 67.1 cm³/mol. The van der Waals surface area contributed by atoms with Gasteiger partial charge in [-0.2, -0.15) is 13.2 Å². The van der Waals surface area contributed by atoms with E-state index in [1.807, 2.05) is 0 Å². The van der Waals surface area contributed by atoms with Crippen LogP contribution in [-0.2, 0) is 9.53 Å². The maximum atomic E-state index is 11.9. The van der Waals surface area contributed by atoms with Crippen molar-refractivity contribution in [1.29, 1.82) is 0 Å². The van der Waals surface area contributed by atoms with Gasteiger partial charge in [-0.05, 0) is 19.1 Å². The summed E-state index contributed by atoms with van der Waals surface area (Å²) in [6, 6.07) is 4.76. The minimum Gasteiger partial charge on any atom is -0.496 e. The Balaban J connectivity index is 2.58. The number of methoxy groups -OCH3 is 1. The average Bonchev–Trinajstić information content (AvgIpc) is 2.41. The van der Waals surface area contributed by atoms with E-state index >= 15 is 0 Å². The molecule has 0 fully saturated rings. The molecule has 0 unspecified atom stereocenters. The molecule has 0 aliphatic heterocycles. The number of esters is 1. The first kappa shape index (κ1) is 16.8. The molecule has 0 saturated carbocycles. The van der Waals surface area contributed by atoms with Crippen LogP contribution in [0.15, 0.2) is 18.2 Å². The highest BCUT2D eigenvalue weighted by molar-refractivity contribution is 5.94. The Bertz CT molecular complexity index is 529. The summed E-state index contributed by atoms with van der Waals surface area (Å²) in [5, 5.41) is 1.60. The van der Waals surface area contributed by atoms with Gasteiger partial charge in [-0.15, -0.1) is 0 Å². The Kier molecular flexibility index (Phi) is 5.57. The first-order chi connectivity index (χ1) is 9.73. The van der Waals surface area contributed by atoms with Crippen molar-refractivity contribution in [2.24, 2.45) is 0 Å². The zero-order valence-electron chi connectivity index (χ0n) is 11.4. The lowest BCUT2D eigenvalue weighted by atomic mass is 10.1. The van der Waals surface area contributed by atoms with Crippen LogP contribution in [-0.4, -0.2) is 38.3 Å². The van der Waals surface area contributed by atoms with Gasteiger partial charge in [0.25, 0.3) is 5.91 Å². The number of alkyl halides is 3. The molecule has 1 rings (SSSR count). The van der Waals surface area contributed by atoms with Crippen LogP contribution in [0.1, 0.15) is 15.9 Å². The quantitative estimate of drug-likeness (QED) is 0.843. The number of nitrogens with one attached hydrogen (secondary N) is 1. The number of aryl methyl sites for hydroxylation is 1. The van der Waals surface area contributed by atoms with Gasteiger partial charge >= 0.3 is 12.1 Å². The third kappa shape index (κ3) is 5.72. The number of ether oxygens (including phenoxy) is 2. The Labute approximate surface area is 119 Å². The number of halogens is 3. The summed E-state index contributed by atoms with van der Waals surface area (Å²) >= 11 is 0. The predicted octanol–water partition coefficient (Wildman–Crippen LogP) is 1.84. The van der Waals surface area contributed by atoms with Gasteiger partial charge in [0.05, 0.1) is 7.11 Å². The van der Waals surface area contributed by atoms with Gasteiger partial charge in [0.2, 0.25) is 0 Å². The molecule has 1 amide bonds. The van der Waals surface area contributed by atoms with E-state index in [0.29, 0.717) is 0 Å². The molecule has 0 aliphatic rings. The number of amides is 1. The molecule has 0 bridgehead atoms. The molecule has 0 heterocycles. The van der Waals surface area contributed by atoms with Gasteiger partial charge in [-0.1, -0.05) is 11.6 Å². The number of benzene rings is 1. The number of carbonyl (C=O) groups excluding carboxylic acids is 2. The van der Waals surface area contributed by atoms with Crippen LogP contribution in [0, 0.1) is 6.92 Å². The summed E-state index contributed by atoms with van der Waals surface area (Å²) in [6.45, 7) is -0.532. The van der Waals surface area contributed by atoms with E-state index in [1.54, 1.807) is 24.4 Å². The van der Waals surface area contributed by atoms with Gasteiger partial charge < -0.3 is 14.8 Å². The Morgan fingerprint density at radius 1 is 1.29 bits per heavy atom. The maximum Gasteiger partial charge on any atom is 0.405 e. The van der Waals surface area contributed by atoms with Gasteiger partial charge in [-0.3, -0.25) is 4.79 Å². The topological polar surface area (TPSA) is 64.6 Å². The van der Waals surface area contributed by atoms with Gasteiger partial charge in [0.15, 0.2) is 6.61 Å². The SMILES string of the molecule is COc1ccc(C)cc1C(=O)OCC(=O)NCC(F)(F)F. The first-order valence-electron chi connectivity index (χ1n) is 5.88. The fourth-order valence-electron chi connectivity index (χ4n) is 1.44. The van der Waals surface area contributed by atoms with E-state index in [9.17, 15) is 22.8 Å². The summed E-state index contributed by atoms with van der Waals surface area (Å²) in [6.07, 6.45) is -4.51. The highest BCUT2D eigenvalue weighted by atomic mass is 19.4. The fraction of sp³-hybridized carbons (Fsp3) is 0.385. The maximum absolute atomic E-state index is 11.9. The van der Waals surface area contributed by atoms with E-state index < -0.39 is 31.2 Å².